The van der Waals surface area contributed by atoms with E-state index in [1.54, 1.807) is 18.3 Å². The first-order valence-corrected chi connectivity index (χ1v) is 8.62. The lowest BCUT2D eigenvalue weighted by Gasteiger charge is -2.06. The number of anilines is 2. The van der Waals surface area contributed by atoms with Gasteiger partial charge in [0.2, 0.25) is 5.06 Å². The molecule has 0 saturated carbocycles. The molecule has 3 N–H and O–H groups in total. The highest BCUT2D eigenvalue weighted by atomic mass is 32.1. The average Bonchev–Trinajstić information content (AvgIpc) is 3.04. The van der Waals surface area contributed by atoms with Gasteiger partial charge in [-0.2, -0.15) is 0 Å². The number of rotatable bonds is 4. The molecule has 0 spiro atoms. The molecular weight excluding hydrogens is 332 g/mol. The van der Waals surface area contributed by atoms with E-state index >= 15 is 0 Å². The van der Waals surface area contributed by atoms with E-state index in [1.165, 1.54) is 16.7 Å². The van der Waals surface area contributed by atoms with Crippen molar-refractivity contribution in [3.05, 3.63) is 60.8 Å². The van der Waals surface area contributed by atoms with Crippen molar-refractivity contribution >= 4 is 33.1 Å². The molecule has 4 aromatic rings. The molecule has 124 valence electrons. The van der Waals surface area contributed by atoms with Crippen LogP contribution in [0, 0.1) is 0 Å². The maximum atomic E-state index is 6.04. The third kappa shape index (κ3) is 3.12. The Bertz CT molecular complexity index is 1040. The molecule has 25 heavy (non-hydrogen) atoms. The summed E-state index contributed by atoms with van der Waals surface area (Å²) in [5.41, 5.74) is 7.55. The summed E-state index contributed by atoms with van der Waals surface area (Å²) in [4.78, 5) is 8.65. The zero-order valence-corrected chi connectivity index (χ0v) is 14.4. The van der Waals surface area contributed by atoms with E-state index < -0.39 is 0 Å². The van der Waals surface area contributed by atoms with Gasteiger partial charge in [-0.3, -0.25) is 0 Å². The van der Waals surface area contributed by atoms with Crippen molar-refractivity contribution in [2.75, 3.05) is 18.1 Å². The van der Waals surface area contributed by atoms with Gasteiger partial charge in [0, 0.05) is 24.9 Å². The molecule has 0 radical (unpaired) electrons. The summed E-state index contributed by atoms with van der Waals surface area (Å²) in [5.74, 6) is 1.06. The van der Waals surface area contributed by atoms with Crippen molar-refractivity contribution in [1.82, 2.24) is 9.97 Å². The second-order valence-electron chi connectivity index (χ2n) is 5.49. The molecule has 0 bridgehead atoms. The van der Waals surface area contributed by atoms with Crippen LogP contribution in [0.2, 0.25) is 0 Å². The van der Waals surface area contributed by atoms with Gasteiger partial charge in [0.25, 0.3) is 0 Å². The Morgan fingerprint density at radius 1 is 1.04 bits per heavy atom. The number of hydrogen-bond acceptors (Lipinski definition) is 6. The van der Waals surface area contributed by atoms with Gasteiger partial charge in [0.05, 0.1) is 0 Å². The molecular formula is C19H16N4OS. The van der Waals surface area contributed by atoms with Crippen LogP contribution in [-0.4, -0.2) is 17.0 Å². The molecule has 0 atom stereocenters. The quantitative estimate of drug-likeness (QED) is 0.555. The van der Waals surface area contributed by atoms with Gasteiger partial charge in [-0.15, -0.1) is 0 Å². The van der Waals surface area contributed by atoms with Crippen LogP contribution in [0.1, 0.15) is 0 Å². The fraction of sp³-hybridized carbons (Fsp3) is 0.0526. The lowest BCUT2D eigenvalue weighted by atomic mass is 10.1. The minimum atomic E-state index is 0.420. The van der Waals surface area contributed by atoms with E-state index in [1.807, 2.05) is 19.2 Å². The highest BCUT2D eigenvalue weighted by Gasteiger charge is 2.15. The fourth-order valence-corrected chi connectivity index (χ4v) is 3.41. The van der Waals surface area contributed by atoms with Crippen molar-refractivity contribution in [3.8, 4) is 22.1 Å². The number of fused-ring (bicyclic) bond motifs is 1. The molecule has 0 aliphatic heterocycles. The fourth-order valence-electron chi connectivity index (χ4n) is 2.60. The molecule has 0 saturated heterocycles. The largest absolute Gasteiger partial charge is 0.444 e. The Balaban J connectivity index is 1.78. The SMILES string of the molecule is CNc1nc(-c2ccc3ccccc3c2)c(Oc2ccnc(N)c2)s1. The number of nitrogen functional groups attached to an aromatic ring is 1. The Morgan fingerprint density at radius 3 is 2.68 bits per heavy atom. The summed E-state index contributed by atoms with van der Waals surface area (Å²) in [6, 6.07) is 18.0. The topological polar surface area (TPSA) is 73.1 Å². The van der Waals surface area contributed by atoms with E-state index in [0.717, 1.165) is 21.8 Å². The number of aromatic nitrogens is 2. The van der Waals surface area contributed by atoms with E-state index in [9.17, 15) is 0 Å². The molecule has 2 heterocycles. The minimum absolute atomic E-state index is 0.420. The van der Waals surface area contributed by atoms with Crippen LogP contribution >= 0.6 is 11.3 Å². The first-order valence-electron chi connectivity index (χ1n) is 7.80. The van der Waals surface area contributed by atoms with Crippen LogP contribution in [0.25, 0.3) is 22.0 Å². The standard InChI is InChI=1S/C19H16N4OS/c1-21-19-23-17(14-7-6-12-4-2-3-5-13(12)10-14)18(25-19)24-15-8-9-22-16(20)11-15/h2-11H,1H3,(H2,20,22)(H,21,23). The highest BCUT2D eigenvalue weighted by molar-refractivity contribution is 7.17. The first-order chi connectivity index (χ1) is 12.2. The predicted molar refractivity (Wildman–Crippen MR) is 103 cm³/mol. The number of hydrogen-bond donors (Lipinski definition) is 2. The maximum absolute atomic E-state index is 6.04. The average molecular weight is 348 g/mol. The summed E-state index contributed by atoms with van der Waals surface area (Å²) in [6.45, 7) is 0. The number of pyridine rings is 1. The van der Waals surface area contributed by atoms with Crippen molar-refractivity contribution in [3.63, 3.8) is 0 Å². The number of ether oxygens (including phenoxy) is 1. The summed E-state index contributed by atoms with van der Waals surface area (Å²) in [6.07, 6.45) is 1.63. The molecule has 0 aliphatic rings. The molecule has 4 rings (SSSR count). The Labute approximate surface area is 149 Å². The van der Waals surface area contributed by atoms with Crippen molar-refractivity contribution in [2.24, 2.45) is 0 Å². The summed E-state index contributed by atoms with van der Waals surface area (Å²) in [5, 5.41) is 6.95. The molecule has 6 heteroatoms. The van der Waals surface area contributed by atoms with Crippen LogP contribution in [0.3, 0.4) is 0 Å². The van der Waals surface area contributed by atoms with Crippen molar-refractivity contribution in [1.29, 1.82) is 0 Å². The van der Waals surface area contributed by atoms with Crippen molar-refractivity contribution < 1.29 is 4.74 Å². The summed E-state index contributed by atoms with van der Waals surface area (Å²) in [7, 11) is 1.84. The van der Waals surface area contributed by atoms with E-state index in [4.69, 9.17) is 10.5 Å². The van der Waals surface area contributed by atoms with Crippen LogP contribution in [-0.2, 0) is 0 Å². The number of nitrogens with zero attached hydrogens (tertiary/aromatic N) is 2. The van der Waals surface area contributed by atoms with Gasteiger partial charge in [-0.1, -0.05) is 47.7 Å². The molecule has 2 aromatic heterocycles. The third-order valence-corrected chi connectivity index (χ3v) is 4.75. The number of nitrogens with two attached hydrogens (primary N) is 1. The Kier molecular flexibility index (Phi) is 3.95. The number of benzene rings is 2. The zero-order chi connectivity index (χ0) is 17.2. The number of nitrogens with one attached hydrogen (secondary N) is 1. The third-order valence-electron chi connectivity index (χ3n) is 3.80. The van der Waals surface area contributed by atoms with E-state index in [0.29, 0.717) is 16.6 Å². The first kappa shape index (κ1) is 15.4. The minimum Gasteiger partial charge on any atom is -0.444 e. The normalized spacial score (nSPS) is 10.8. The molecule has 2 aromatic carbocycles. The van der Waals surface area contributed by atoms with Crippen LogP contribution in [0.15, 0.2) is 60.8 Å². The zero-order valence-electron chi connectivity index (χ0n) is 13.6. The molecule has 0 aliphatic carbocycles. The van der Waals surface area contributed by atoms with E-state index in [-0.39, 0.29) is 0 Å². The Hall–Kier alpha value is -3.12. The molecule has 0 amide bonds. The smallest absolute Gasteiger partial charge is 0.210 e. The molecule has 0 fully saturated rings. The lowest BCUT2D eigenvalue weighted by molar-refractivity contribution is 0.496. The molecule has 0 unspecified atom stereocenters. The van der Waals surface area contributed by atoms with Crippen molar-refractivity contribution in [2.45, 2.75) is 0 Å². The summed E-state index contributed by atoms with van der Waals surface area (Å²) >= 11 is 1.45. The van der Waals surface area contributed by atoms with Gasteiger partial charge in [0.15, 0.2) is 5.13 Å². The van der Waals surface area contributed by atoms with Gasteiger partial charge in [0.1, 0.15) is 17.3 Å². The van der Waals surface area contributed by atoms with Gasteiger partial charge >= 0.3 is 0 Å². The monoisotopic (exact) mass is 348 g/mol. The van der Waals surface area contributed by atoms with Crippen LogP contribution in [0.4, 0.5) is 10.9 Å². The van der Waals surface area contributed by atoms with Crippen LogP contribution < -0.4 is 15.8 Å². The van der Waals surface area contributed by atoms with Gasteiger partial charge < -0.3 is 15.8 Å². The van der Waals surface area contributed by atoms with Gasteiger partial charge in [-0.25, -0.2) is 9.97 Å². The number of thiazole rings is 1. The second kappa shape index (κ2) is 6.41. The second-order valence-corrected chi connectivity index (χ2v) is 6.45. The Morgan fingerprint density at radius 2 is 1.88 bits per heavy atom. The maximum Gasteiger partial charge on any atom is 0.210 e. The highest BCUT2D eigenvalue weighted by Crippen LogP contribution is 2.41. The summed E-state index contributed by atoms with van der Waals surface area (Å²) < 4.78 is 6.04. The van der Waals surface area contributed by atoms with Crippen LogP contribution in [0.5, 0.6) is 10.8 Å². The predicted octanol–water partition coefficient (Wildman–Crippen LogP) is 4.77. The molecule has 5 nitrogen and oxygen atoms in total. The van der Waals surface area contributed by atoms with Gasteiger partial charge in [-0.05, 0) is 22.9 Å². The lowest BCUT2D eigenvalue weighted by Crippen LogP contribution is -1.91. The van der Waals surface area contributed by atoms with E-state index in [2.05, 4.69) is 45.6 Å².